The van der Waals surface area contributed by atoms with Crippen LogP contribution in [0, 0.1) is 6.92 Å². The number of furan rings is 1. The first-order chi connectivity index (χ1) is 24.7. The summed E-state index contributed by atoms with van der Waals surface area (Å²) in [6.45, 7) is 2.11. The lowest BCUT2D eigenvalue weighted by atomic mass is 9.96. The minimum absolute atomic E-state index is 0.592. The van der Waals surface area contributed by atoms with Gasteiger partial charge in [0.25, 0.3) is 0 Å². The Morgan fingerprint density at radius 3 is 1.60 bits per heavy atom. The molecule has 2 aromatic heterocycles. The maximum absolute atomic E-state index is 6.50. The number of fused-ring (bicyclic) bond motifs is 3. The van der Waals surface area contributed by atoms with Crippen LogP contribution in [0.2, 0.25) is 0 Å². The van der Waals surface area contributed by atoms with E-state index in [1.165, 1.54) is 16.7 Å². The largest absolute Gasteiger partial charge is 0.456 e. The van der Waals surface area contributed by atoms with Crippen molar-refractivity contribution in [2.24, 2.45) is 0 Å². The quantitative estimate of drug-likeness (QED) is 0.181. The zero-order valence-corrected chi connectivity index (χ0v) is 27.4. The van der Waals surface area contributed by atoms with Crippen molar-refractivity contribution in [1.82, 2.24) is 15.0 Å². The zero-order chi connectivity index (χ0) is 33.4. The molecule has 0 aliphatic carbocycles. The standard InChI is InChI=1S/C46H31N3O/c1-30-11-8-16-35(27-30)36-17-9-18-37(28-36)45-47-44(34-14-6-3-7-15-34)48-46(49-45)38-25-26-40-42(29-38)50-41-20-10-19-39(43(40)41)33-23-21-32(22-24-33)31-12-4-2-5-13-31/h2-29H,1H3. The topological polar surface area (TPSA) is 51.8 Å². The Morgan fingerprint density at radius 1 is 0.360 bits per heavy atom. The molecule has 0 radical (unpaired) electrons. The van der Waals surface area contributed by atoms with Gasteiger partial charge in [0.05, 0.1) is 0 Å². The summed E-state index contributed by atoms with van der Waals surface area (Å²) in [4.78, 5) is 15.0. The molecule has 7 aromatic carbocycles. The third kappa shape index (κ3) is 5.53. The van der Waals surface area contributed by atoms with E-state index in [2.05, 4.69) is 134 Å². The van der Waals surface area contributed by atoms with Gasteiger partial charge in [-0.05, 0) is 64.6 Å². The van der Waals surface area contributed by atoms with Crippen LogP contribution in [0.3, 0.4) is 0 Å². The van der Waals surface area contributed by atoms with Crippen LogP contribution in [0.15, 0.2) is 174 Å². The fourth-order valence-corrected chi connectivity index (χ4v) is 6.69. The average molecular weight is 642 g/mol. The van der Waals surface area contributed by atoms with Gasteiger partial charge < -0.3 is 4.42 Å². The van der Waals surface area contributed by atoms with Crippen LogP contribution < -0.4 is 0 Å². The SMILES string of the molecule is Cc1cccc(-c2cccc(-c3nc(-c4ccccc4)nc(-c4ccc5c(c4)oc4cccc(-c6ccc(-c7ccccc7)cc6)c45)n3)c2)c1. The molecular weight excluding hydrogens is 611 g/mol. The van der Waals surface area contributed by atoms with E-state index in [4.69, 9.17) is 19.4 Å². The average Bonchev–Trinajstić information content (AvgIpc) is 3.57. The van der Waals surface area contributed by atoms with Crippen molar-refractivity contribution < 1.29 is 4.42 Å². The molecule has 0 fully saturated rings. The summed E-state index contributed by atoms with van der Waals surface area (Å²) >= 11 is 0. The Labute approximate surface area is 290 Å². The smallest absolute Gasteiger partial charge is 0.164 e. The van der Waals surface area contributed by atoms with Crippen molar-refractivity contribution >= 4 is 21.9 Å². The Balaban J connectivity index is 1.14. The second-order valence-electron chi connectivity index (χ2n) is 12.6. The first kappa shape index (κ1) is 29.5. The van der Waals surface area contributed by atoms with Crippen LogP contribution in [-0.4, -0.2) is 15.0 Å². The van der Waals surface area contributed by atoms with Gasteiger partial charge in [-0.15, -0.1) is 0 Å². The van der Waals surface area contributed by atoms with E-state index in [0.717, 1.165) is 60.9 Å². The van der Waals surface area contributed by atoms with Crippen LogP contribution in [0.4, 0.5) is 0 Å². The molecule has 0 saturated heterocycles. The molecule has 9 aromatic rings. The van der Waals surface area contributed by atoms with Crippen molar-refractivity contribution in [3.63, 3.8) is 0 Å². The van der Waals surface area contributed by atoms with Crippen LogP contribution in [0.25, 0.3) is 89.5 Å². The van der Waals surface area contributed by atoms with Crippen LogP contribution in [0.5, 0.6) is 0 Å². The maximum atomic E-state index is 6.50. The summed E-state index contributed by atoms with van der Waals surface area (Å²) in [6, 6.07) is 58.7. The van der Waals surface area contributed by atoms with Crippen molar-refractivity contribution in [2.75, 3.05) is 0 Å². The molecule has 0 aliphatic rings. The number of nitrogens with zero attached hydrogens (tertiary/aromatic N) is 3. The summed E-state index contributed by atoms with van der Waals surface area (Å²) in [7, 11) is 0. The number of aromatic nitrogens is 3. The van der Waals surface area contributed by atoms with Crippen molar-refractivity contribution in [3.05, 3.63) is 175 Å². The second-order valence-corrected chi connectivity index (χ2v) is 12.6. The summed E-state index contributed by atoms with van der Waals surface area (Å²) in [5, 5.41) is 2.14. The van der Waals surface area contributed by atoms with E-state index in [1.807, 2.05) is 42.5 Å². The van der Waals surface area contributed by atoms with E-state index in [9.17, 15) is 0 Å². The Hall–Kier alpha value is -6.65. The third-order valence-electron chi connectivity index (χ3n) is 9.20. The van der Waals surface area contributed by atoms with E-state index in [1.54, 1.807) is 0 Å². The molecule has 236 valence electrons. The fourth-order valence-electron chi connectivity index (χ4n) is 6.69. The van der Waals surface area contributed by atoms with Crippen LogP contribution in [-0.2, 0) is 0 Å². The summed E-state index contributed by atoms with van der Waals surface area (Å²) in [5.41, 5.74) is 12.5. The number of benzene rings is 7. The molecule has 0 amide bonds. The van der Waals surface area contributed by atoms with Gasteiger partial charge in [-0.2, -0.15) is 0 Å². The van der Waals surface area contributed by atoms with Gasteiger partial charge in [0.2, 0.25) is 0 Å². The molecule has 2 heterocycles. The second kappa shape index (κ2) is 12.4. The van der Waals surface area contributed by atoms with Gasteiger partial charge in [0.15, 0.2) is 17.5 Å². The third-order valence-corrected chi connectivity index (χ3v) is 9.20. The highest BCUT2D eigenvalue weighted by molar-refractivity contribution is 6.13. The number of hydrogen-bond acceptors (Lipinski definition) is 4. The van der Waals surface area contributed by atoms with Gasteiger partial charge >= 0.3 is 0 Å². The molecular formula is C46H31N3O. The highest BCUT2D eigenvalue weighted by Crippen LogP contribution is 2.39. The monoisotopic (exact) mass is 641 g/mol. The highest BCUT2D eigenvalue weighted by Gasteiger charge is 2.17. The molecule has 0 unspecified atom stereocenters. The predicted octanol–water partition coefficient (Wildman–Crippen LogP) is 12.1. The fraction of sp³-hybridized carbons (Fsp3) is 0.0217. The molecule has 0 spiro atoms. The predicted molar refractivity (Wildman–Crippen MR) is 204 cm³/mol. The Bertz CT molecular complexity index is 2640. The molecule has 0 saturated carbocycles. The Kier molecular flexibility index (Phi) is 7.33. The number of rotatable bonds is 6. The molecule has 0 aliphatic heterocycles. The minimum Gasteiger partial charge on any atom is -0.456 e. The molecule has 4 nitrogen and oxygen atoms in total. The number of hydrogen-bond donors (Lipinski definition) is 0. The van der Waals surface area contributed by atoms with E-state index in [-0.39, 0.29) is 0 Å². The Morgan fingerprint density at radius 2 is 0.880 bits per heavy atom. The summed E-state index contributed by atoms with van der Waals surface area (Å²) in [5.74, 6) is 1.83. The highest BCUT2D eigenvalue weighted by atomic mass is 16.3. The lowest BCUT2D eigenvalue weighted by Crippen LogP contribution is -2.00. The molecule has 4 heteroatoms. The summed E-state index contributed by atoms with van der Waals surface area (Å²) in [6.07, 6.45) is 0. The van der Waals surface area contributed by atoms with Gasteiger partial charge in [-0.25, -0.2) is 15.0 Å². The van der Waals surface area contributed by atoms with Gasteiger partial charge in [-0.1, -0.05) is 151 Å². The lowest BCUT2D eigenvalue weighted by molar-refractivity contribution is 0.669. The van der Waals surface area contributed by atoms with Crippen molar-refractivity contribution in [2.45, 2.75) is 6.92 Å². The number of aryl methyl sites for hydroxylation is 1. The summed E-state index contributed by atoms with van der Waals surface area (Å²) < 4.78 is 6.50. The first-order valence-corrected chi connectivity index (χ1v) is 16.8. The molecule has 0 N–H and O–H groups in total. The van der Waals surface area contributed by atoms with Crippen molar-refractivity contribution in [1.29, 1.82) is 0 Å². The molecule has 9 rings (SSSR count). The van der Waals surface area contributed by atoms with Crippen LogP contribution in [0.1, 0.15) is 5.56 Å². The first-order valence-electron chi connectivity index (χ1n) is 16.8. The van der Waals surface area contributed by atoms with E-state index < -0.39 is 0 Å². The normalized spacial score (nSPS) is 11.3. The maximum Gasteiger partial charge on any atom is 0.164 e. The van der Waals surface area contributed by atoms with Gasteiger partial charge in [-0.3, -0.25) is 0 Å². The molecule has 0 bridgehead atoms. The van der Waals surface area contributed by atoms with Crippen LogP contribution >= 0.6 is 0 Å². The van der Waals surface area contributed by atoms with E-state index >= 15 is 0 Å². The minimum atomic E-state index is 0.592. The van der Waals surface area contributed by atoms with Gasteiger partial charge in [0, 0.05) is 27.5 Å². The van der Waals surface area contributed by atoms with E-state index in [0.29, 0.717) is 17.5 Å². The van der Waals surface area contributed by atoms with Crippen molar-refractivity contribution in [3.8, 4) is 67.5 Å². The van der Waals surface area contributed by atoms with Gasteiger partial charge in [0.1, 0.15) is 11.2 Å². The molecule has 50 heavy (non-hydrogen) atoms. The zero-order valence-electron chi connectivity index (χ0n) is 27.4. The lowest BCUT2D eigenvalue weighted by Gasteiger charge is -2.10. The molecule has 0 atom stereocenters.